The lowest BCUT2D eigenvalue weighted by Crippen LogP contribution is -2.06. The monoisotopic (exact) mass is 289 g/mol. The van der Waals surface area contributed by atoms with Gasteiger partial charge in [0.05, 0.1) is 6.61 Å². The van der Waals surface area contributed by atoms with E-state index in [1.807, 2.05) is 6.92 Å². The van der Waals surface area contributed by atoms with E-state index in [1.54, 1.807) is 6.07 Å². The molecule has 2 N–H and O–H groups in total. The van der Waals surface area contributed by atoms with Crippen molar-refractivity contribution < 1.29 is 13.9 Å². The Bertz CT molecular complexity index is 687. The van der Waals surface area contributed by atoms with Crippen molar-refractivity contribution in [3.05, 3.63) is 29.6 Å². The van der Waals surface area contributed by atoms with Gasteiger partial charge in [0.25, 0.3) is 0 Å². The number of hydrogen-bond acceptors (Lipinski definition) is 7. The Morgan fingerprint density at radius 3 is 2.76 bits per heavy atom. The third-order valence-electron chi connectivity index (χ3n) is 2.34. The zero-order valence-electron chi connectivity index (χ0n) is 11.2. The summed E-state index contributed by atoms with van der Waals surface area (Å²) in [4.78, 5) is 11.4. The van der Waals surface area contributed by atoms with Crippen molar-refractivity contribution in [2.24, 2.45) is 0 Å². The molecule has 0 bridgehead atoms. The molecule has 108 valence electrons. The number of nitrogen functional groups attached to an aromatic ring is 1. The number of hydrogen-bond donors (Lipinski definition) is 1. The molecule has 0 amide bonds. The third kappa shape index (κ3) is 3.54. The zero-order valence-corrected chi connectivity index (χ0v) is 11.2. The normalized spacial score (nSPS) is 9.95. The Balaban J connectivity index is 2.30. The highest BCUT2D eigenvalue weighted by Gasteiger charge is 2.13. The number of nitrogens with zero attached hydrogens (tertiary/aromatic N) is 4. The lowest BCUT2D eigenvalue weighted by molar-refractivity contribution is 0.285. The summed E-state index contributed by atoms with van der Waals surface area (Å²) in [6.45, 7) is 2.33. The van der Waals surface area contributed by atoms with Gasteiger partial charge in [0.2, 0.25) is 5.95 Å². The van der Waals surface area contributed by atoms with Gasteiger partial charge >= 0.3 is 12.0 Å². The van der Waals surface area contributed by atoms with Crippen molar-refractivity contribution in [3.8, 4) is 23.8 Å². The molecule has 0 fully saturated rings. The molecule has 8 heteroatoms. The summed E-state index contributed by atoms with van der Waals surface area (Å²) >= 11 is 0. The second-order valence-corrected chi connectivity index (χ2v) is 3.93. The van der Waals surface area contributed by atoms with Gasteiger partial charge in [-0.15, -0.1) is 4.98 Å². The lowest BCUT2D eigenvalue weighted by Gasteiger charge is -2.08. The van der Waals surface area contributed by atoms with E-state index < -0.39 is 5.82 Å². The van der Waals surface area contributed by atoms with E-state index in [2.05, 4.69) is 15.0 Å². The number of nitriles is 1. The van der Waals surface area contributed by atoms with Crippen LogP contribution in [0, 0.1) is 17.1 Å². The van der Waals surface area contributed by atoms with Gasteiger partial charge in [-0.1, -0.05) is 13.0 Å². The highest BCUT2D eigenvalue weighted by atomic mass is 19.1. The van der Waals surface area contributed by atoms with Crippen LogP contribution in [0.5, 0.6) is 17.8 Å². The second-order valence-electron chi connectivity index (χ2n) is 3.93. The number of anilines is 1. The van der Waals surface area contributed by atoms with Crippen LogP contribution in [0.15, 0.2) is 18.2 Å². The summed E-state index contributed by atoms with van der Waals surface area (Å²) in [5.41, 5.74) is 5.28. The Morgan fingerprint density at radius 1 is 1.29 bits per heavy atom. The van der Waals surface area contributed by atoms with E-state index in [4.69, 9.17) is 20.5 Å². The molecular formula is C13H12FN5O2. The topological polar surface area (TPSA) is 107 Å². The Kier molecular flexibility index (Phi) is 4.46. The second kappa shape index (κ2) is 6.47. The fourth-order valence-corrected chi connectivity index (χ4v) is 1.45. The molecule has 0 saturated carbocycles. The molecule has 1 aromatic carbocycles. The fourth-order valence-electron chi connectivity index (χ4n) is 1.45. The Hall–Kier alpha value is -2.95. The number of ether oxygens (including phenoxy) is 2. The van der Waals surface area contributed by atoms with Crippen LogP contribution in [0.1, 0.15) is 18.9 Å². The van der Waals surface area contributed by atoms with Crippen molar-refractivity contribution in [1.29, 1.82) is 5.26 Å². The average Bonchev–Trinajstić information content (AvgIpc) is 2.45. The van der Waals surface area contributed by atoms with Crippen LogP contribution >= 0.6 is 0 Å². The Labute approximate surface area is 120 Å². The number of nitrogens with two attached hydrogens (primary N) is 1. The zero-order chi connectivity index (χ0) is 15.2. The fraction of sp³-hybridized carbons (Fsp3) is 0.231. The molecular weight excluding hydrogens is 277 g/mol. The van der Waals surface area contributed by atoms with E-state index in [-0.39, 0.29) is 29.3 Å². The maximum Gasteiger partial charge on any atom is 0.330 e. The summed E-state index contributed by atoms with van der Waals surface area (Å²) in [5, 5.41) is 8.93. The van der Waals surface area contributed by atoms with Crippen LogP contribution in [0.25, 0.3) is 0 Å². The molecule has 2 aromatic rings. The van der Waals surface area contributed by atoms with Crippen LogP contribution in [-0.4, -0.2) is 21.6 Å². The van der Waals surface area contributed by atoms with Crippen molar-refractivity contribution in [1.82, 2.24) is 15.0 Å². The van der Waals surface area contributed by atoms with E-state index in [9.17, 15) is 4.39 Å². The third-order valence-corrected chi connectivity index (χ3v) is 2.34. The van der Waals surface area contributed by atoms with Gasteiger partial charge in [0.15, 0.2) is 5.75 Å². The summed E-state index contributed by atoms with van der Waals surface area (Å²) in [6.07, 6.45) is 0.768. The van der Waals surface area contributed by atoms with Gasteiger partial charge in [-0.3, -0.25) is 0 Å². The van der Waals surface area contributed by atoms with Crippen LogP contribution < -0.4 is 15.2 Å². The van der Waals surface area contributed by atoms with Crippen molar-refractivity contribution >= 4 is 5.95 Å². The predicted octanol–water partition coefficient (Wildman–Crippen LogP) is 2.05. The SMILES string of the molecule is CCCOc1nc(N)nc(Oc2cccc(F)c2C#N)n1. The summed E-state index contributed by atoms with van der Waals surface area (Å²) in [6, 6.07) is 5.54. The van der Waals surface area contributed by atoms with Crippen LogP contribution in [0.2, 0.25) is 0 Å². The molecule has 0 radical (unpaired) electrons. The predicted molar refractivity (Wildman–Crippen MR) is 71.2 cm³/mol. The summed E-state index contributed by atoms with van der Waals surface area (Å²) in [5.74, 6) is -0.801. The van der Waals surface area contributed by atoms with Crippen molar-refractivity contribution in [2.75, 3.05) is 12.3 Å². The minimum atomic E-state index is -0.695. The summed E-state index contributed by atoms with van der Waals surface area (Å²) < 4.78 is 24.0. The molecule has 2 rings (SSSR count). The van der Waals surface area contributed by atoms with E-state index >= 15 is 0 Å². The molecule has 21 heavy (non-hydrogen) atoms. The van der Waals surface area contributed by atoms with Gasteiger partial charge < -0.3 is 15.2 Å². The molecule has 1 aromatic heterocycles. The van der Waals surface area contributed by atoms with Gasteiger partial charge in [0, 0.05) is 0 Å². The highest BCUT2D eigenvalue weighted by Crippen LogP contribution is 2.25. The van der Waals surface area contributed by atoms with Gasteiger partial charge in [-0.2, -0.15) is 15.2 Å². The van der Waals surface area contributed by atoms with Crippen LogP contribution in [0.4, 0.5) is 10.3 Å². The quantitative estimate of drug-likeness (QED) is 0.897. The van der Waals surface area contributed by atoms with Gasteiger partial charge in [0.1, 0.15) is 17.4 Å². The van der Waals surface area contributed by atoms with Crippen molar-refractivity contribution in [2.45, 2.75) is 13.3 Å². The average molecular weight is 289 g/mol. The van der Waals surface area contributed by atoms with E-state index in [1.165, 1.54) is 12.1 Å². The first-order chi connectivity index (χ1) is 10.1. The molecule has 0 atom stereocenters. The summed E-state index contributed by atoms with van der Waals surface area (Å²) in [7, 11) is 0. The first kappa shape index (κ1) is 14.5. The van der Waals surface area contributed by atoms with Gasteiger partial charge in [-0.05, 0) is 18.6 Å². The van der Waals surface area contributed by atoms with E-state index in [0.29, 0.717) is 6.61 Å². The molecule has 7 nitrogen and oxygen atoms in total. The number of halogens is 1. The number of benzene rings is 1. The largest absolute Gasteiger partial charge is 0.463 e. The standard InChI is InChI=1S/C13H12FN5O2/c1-2-6-20-12-17-11(16)18-13(19-12)21-10-5-3-4-9(14)8(10)7-15/h3-5H,2,6H2,1H3,(H2,16,17,18,19). The Morgan fingerprint density at radius 2 is 2.05 bits per heavy atom. The van der Waals surface area contributed by atoms with Crippen LogP contribution in [0.3, 0.4) is 0 Å². The smallest absolute Gasteiger partial charge is 0.330 e. The molecule has 0 aliphatic heterocycles. The number of rotatable bonds is 5. The molecule has 0 unspecified atom stereocenters. The highest BCUT2D eigenvalue weighted by molar-refractivity contribution is 5.45. The molecule has 1 heterocycles. The van der Waals surface area contributed by atoms with E-state index in [0.717, 1.165) is 12.5 Å². The number of aromatic nitrogens is 3. The molecule has 0 aliphatic rings. The maximum atomic E-state index is 13.5. The molecule has 0 saturated heterocycles. The molecule has 0 spiro atoms. The van der Waals surface area contributed by atoms with Gasteiger partial charge in [-0.25, -0.2) is 4.39 Å². The van der Waals surface area contributed by atoms with Crippen LogP contribution in [-0.2, 0) is 0 Å². The maximum absolute atomic E-state index is 13.5. The van der Waals surface area contributed by atoms with Crippen molar-refractivity contribution in [3.63, 3.8) is 0 Å². The minimum Gasteiger partial charge on any atom is -0.463 e. The minimum absolute atomic E-state index is 0.00857. The lowest BCUT2D eigenvalue weighted by atomic mass is 10.2. The first-order valence-electron chi connectivity index (χ1n) is 6.15. The molecule has 0 aliphatic carbocycles. The first-order valence-corrected chi connectivity index (χ1v) is 6.15.